The van der Waals surface area contributed by atoms with Crippen molar-refractivity contribution in [1.82, 2.24) is 0 Å². The minimum Gasteiger partial charge on any atom is -0.457 e. The van der Waals surface area contributed by atoms with Crippen molar-refractivity contribution in [3.05, 3.63) is 65.0 Å². The highest BCUT2D eigenvalue weighted by atomic mass is 32.1. The van der Waals surface area contributed by atoms with Gasteiger partial charge in [-0.05, 0) is 49.2 Å². The fraction of sp³-hybridized carbons (Fsp3) is 0.217. The van der Waals surface area contributed by atoms with Gasteiger partial charge in [-0.2, -0.15) is 5.26 Å². The Bertz CT molecular complexity index is 1050. The van der Waals surface area contributed by atoms with Gasteiger partial charge in [-0.1, -0.05) is 31.0 Å². The zero-order valence-electron chi connectivity index (χ0n) is 15.9. The Labute approximate surface area is 173 Å². The maximum Gasteiger partial charge on any atom is 0.178 e. The summed E-state index contributed by atoms with van der Waals surface area (Å²) < 4.78 is 5.80. The van der Waals surface area contributed by atoms with Gasteiger partial charge in [0.2, 0.25) is 0 Å². The van der Waals surface area contributed by atoms with Gasteiger partial charge in [0.1, 0.15) is 28.1 Å². The Kier molecular flexibility index (Phi) is 5.50. The number of hydrogen-bond donors (Lipinski definition) is 2. The third-order valence-corrected chi connectivity index (χ3v) is 6.23. The first-order valence-corrected chi connectivity index (χ1v) is 10.4. The smallest absolute Gasteiger partial charge is 0.178 e. The number of nitrogen functional groups attached to an aromatic ring is 1. The van der Waals surface area contributed by atoms with Gasteiger partial charge in [0, 0.05) is 11.6 Å². The van der Waals surface area contributed by atoms with Crippen LogP contribution in [0.4, 0.5) is 16.4 Å². The molecule has 4 rings (SSSR count). The molecule has 0 bridgehead atoms. The topological polar surface area (TPSA) is 88.1 Å². The Morgan fingerprint density at radius 3 is 2.38 bits per heavy atom. The summed E-state index contributed by atoms with van der Waals surface area (Å²) in [5.41, 5.74) is 7.58. The number of ketones is 1. The van der Waals surface area contributed by atoms with Crippen LogP contribution in [0.2, 0.25) is 0 Å². The van der Waals surface area contributed by atoms with E-state index in [0.29, 0.717) is 26.9 Å². The molecule has 1 heterocycles. The van der Waals surface area contributed by atoms with E-state index in [-0.39, 0.29) is 11.7 Å². The number of thiophene rings is 1. The van der Waals surface area contributed by atoms with Crippen molar-refractivity contribution in [3.63, 3.8) is 0 Å². The largest absolute Gasteiger partial charge is 0.457 e. The molecule has 1 aliphatic rings. The molecule has 29 heavy (non-hydrogen) atoms. The van der Waals surface area contributed by atoms with Gasteiger partial charge in [-0.15, -0.1) is 11.3 Å². The molecule has 146 valence electrons. The average Bonchev–Trinajstić information content (AvgIpc) is 3.38. The molecule has 0 atom stereocenters. The summed E-state index contributed by atoms with van der Waals surface area (Å²) in [7, 11) is 0. The molecule has 1 saturated carbocycles. The predicted molar refractivity (Wildman–Crippen MR) is 116 cm³/mol. The maximum atomic E-state index is 12.8. The van der Waals surface area contributed by atoms with Crippen molar-refractivity contribution in [1.29, 1.82) is 5.26 Å². The number of nitrogens with zero attached hydrogens (tertiary/aromatic N) is 1. The van der Waals surface area contributed by atoms with E-state index in [0.717, 1.165) is 37.1 Å². The van der Waals surface area contributed by atoms with Crippen LogP contribution < -0.4 is 15.8 Å². The first-order chi connectivity index (χ1) is 14.2. The number of ether oxygens (including phenoxy) is 1. The van der Waals surface area contributed by atoms with E-state index < -0.39 is 0 Å². The van der Waals surface area contributed by atoms with E-state index in [4.69, 9.17) is 10.5 Å². The standard InChI is InChI=1S/C23H21N3O2S/c24-14-19-20(25)22(21(27)15-6-4-5-7-15)29-23(19)26-16-10-12-18(13-11-16)28-17-8-2-1-3-9-17/h1-3,8-13,15,26H,4-7,25H2. The fourth-order valence-electron chi connectivity index (χ4n) is 3.56. The lowest BCUT2D eigenvalue weighted by Crippen LogP contribution is -2.11. The molecule has 1 fully saturated rings. The van der Waals surface area contributed by atoms with Gasteiger partial charge < -0.3 is 15.8 Å². The molecule has 3 aromatic rings. The number of rotatable bonds is 6. The highest BCUT2D eigenvalue weighted by Crippen LogP contribution is 2.40. The monoisotopic (exact) mass is 403 g/mol. The predicted octanol–water partition coefficient (Wildman–Crippen LogP) is 6.11. The Morgan fingerprint density at radius 2 is 1.72 bits per heavy atom. The molecule has 6 heteroatoms. The molecule has 0 unspecified atom stereocenters. The molecule has 2 aromatic carbocycles. The second-order valence-electron chi connectivity index (χ2n) is 7.07. The minimum atomic E-state index is 0.0322. The molecule has 0 saturated heterocycles. The van der Waals surface area contributed by atoms with E-state index in [9.17, 15) is 10.1 Å². The number of nitrogens with one attached hydrogen (secondary N) is 1. The molecule has 0 aliphatic heterocycles. The highest BCUT2D eigenvalue weighted by Gasteiger charge is 2.29. The number of nitrogens with two attached hydrogens (primary N) is 1. The average molecular weight is 404 g/mol. The SMILES string of the molecule is N#Cc1c(Nc2ccc(Oc3ccccc3)cc2)sc(C(=O)C2CCCC2)c1N. The zero-order chi connectivity index (χ0) is 20.2. The number of anilines is 3. The molecule has 0 radical (unpaired) electrons. The summed E-state index contributed by atoms with van der Waals surface area (Å²) in [5, 5.41) is 13.4. The van der Waals surface area contributed by atoms with Gasteiger partial charge in [-0.3, -0.25) is 4.79 Å². The third-order valence-electron chi connectivity index (χ3n) is 5.10. The van der Waals surface area contributed by atoms with Crippen LogP contribution in [0.15, 0.2) is 54.6 Å². The van der Waals surface area contributed by atoms with Crippen LogP contribution in [0.3, 0.4) is 0 Å². The summed E-state index contributed by atoms with van der Waals surface area (Å²) in [6.45, 7) is 0. The summed E-state index contributed by atoms with van der Waals surface area (Å²) in [6, 6.07) is 19.1. The quantitative estimate of drug-likeness (QED) is 0.485. The minimum absolute atomic E-state index is 0.0322. The molecular weight excluding hydrogens is 382 g/mol. The van der Waals surface area contributed by atoms with Crippen molar-refractivity contribution in [2.75, 3.05) is 11.1 Å². The molecule has 5 nitrogen and oxygen atoms in total. The van der Waals surface area contributed by atoms with Gasteiger partial charge in [0.25, 0.3) is 0 Å². The van der Waals surface area contributed by atoms with Crippen molar-refractivity contribution in [2.45, 2.75) is 25.7 Å². The molecule has 3 N–H and O–H groups in total. The molecular formula is C23H21N3O2S. The first-order valence-electron chi connectivity index (χ1n) is 9.62. The van der Waals surface area contributed by atoms with E-state index in [1.165, 1.54) is 11.3 Å². The second kappa shape index (κ2) is 8.38. The molecule has 1 aromatic heterocycles. The van der Waals surface area contributed by atoms with Crippen LogP contribution in [0.5, 0.6) is 11.5 Å². The summed E-state index contributed by atoms with van der Waals surface area (Å²) in [5.74, 6) is 1.58. The van der Waals surface area contributed by atoms with Gasteiger partial charge in [0.15, 0.2) is 5.78 Å². The number of benzene rings is 2. The maximum absolute atomic E-state index is 12.8. The summed E-state index contributed by atoms with van der Waals surface area (Å²) in [4.78, 5) is 13.3. The first kappa shape index (κ1) is 19.0. The lowest BCUT2D eigenvalue weighted by Gasteiger charge is -2.08. The Hall–Kier alpha value is -3.30. The third kappa shape index (κ3) is 4.10. The van der Waals surface area contributed by atoms with Gasteiger partial charge >= 0.3 is 0 Å². The Morgan fingerprint density at radius 1 is 1.07 bits per heavy atom. The molecule has 1 aliphatic carbocycles. The van der Waals surface area contributed by atoms with Gasteiger partial charge in [0.05, 0.1) is 10.6 Å². The lowest BCUT2D eigenvalue weighted by atomic mass is 10.0. The number of nitriles is 1. The second-order valence-corrected chi connectivity index (χ2v) is 8.09. The Balaban J connectivity index is 1.52. The van der Waals surface area contributed by atoms with Crippen LogP contribution in [0.25, 0.3) is 0 Å². The lowest BCUT2D eigenvalue weighted by molar-refractivity contribution is 0.0928. The van der Waals surface area contributed by atoms with Crippen LogP contribution in [0.1, 0.15) is 40.9 Å². The van der Waals surface area contributed by atoms with Crippen molar-refractivity contribution < 1.29 is 9.53 Å². The van der Waals surface area contributed by atoms with Crippen LogP contribution >= 0.6 is 11.3 Å². The van der Waals surface area contributed by atoms with Crippen LogP contribution in [-0.4, -0.2) is 5.78 Å². The normalized spacial score (nSPS) is 13.8. The number of hydrogen-bond acceptors (Lipinski definition) is 6. The van der Waals surface area contributed by atoms with Crippen LogP contribution in [-0.2, 0) is 0 Å². The highest BCUT2D eigenvalue weighted by molar-refractivity contribution is 7.19. The molecule has 0 amide bonds. The summed E-state index contributed by atoms with van der Waals surface area (Å²) >= 11 is 1.27. The number of carbonyl (C=O) groups excluding carboxylic acids is 1. The molecule has 0 spiro atoms. The zero-order valence-corrected chi connectivity index (χ0v) is 16.7. The van der Waals surface area contributed by atoms with E-state index >= 15 is 0 Å². The van der Waals surface area contributed by atoms with Crippen molar-refractivity contribution in [3.8, 4) is 17.6 Å². The van der Waals surface area contributed by atoms with Gasteiger partial charge in [-0.25, -0.2) is 0 Å². The number of carbonyl (C=O) groups is 1. The number of Topliss-reactive ketones (excluding diaryl/α,β-unsaturated/α-hetero) is 1. The fourth-order valence-corrected chi connectivity index (χ4v) is 4.67. The summed E-state index contributed by atoms with van der Waals surface area (Å²) in [6.07, 6.45) is 3.97. The van der Waals surface area contributed by atoms with E-state index in [2.05, 4.69) is 11.4 Å². The van der Waals surface area contributed by atoms with E-state index in [1.807, 2.05) is 54.6 Å². The number of para-hydroxylation sites is 1. The van der Waals surface area contributed by atoms with Crippen molar-refractivity contribution >= 4 is 33.5 Å². The van der Waals surface area contributed by atoms with Crippen molar-refractivity contribution in [2.24, 2.45) is 5.92 Å². The van der Waals surface area contributed by atoms with E-state index in [1.54, 1.807) is 0 Å². The van der Waals surface area contributed by atoms with Crippen LogP contribution in [0, 0.1) is 17.2 Å².